The molecular weight excluding hydrogens is 270 g/mol. The van der Waals surface area contributed by atoms with E-state index in [4.69, 9.17) is 5.73 Å². The van der Waals surface area contributed by atoms with Crippen LogP contribution in [0, 0.1) is 0 Å². The van der Waals surface area contributed by atoms with Gasteiger partial charge in [-0.15, -0.1) is 0 Å². The summed E-state index contributed by atoms with van der Waals surface area (Å²) >= 11 is 2.04. The van der Waals surface area contributed by atoms with E-state index in [-0.39, 0.29) is 0 Å². The highest BCUT2D eigenvalue weighted by atomic mass is 32.2. The van der Waals surface area contributed by atoms with Crippen molar-refractivity contribution in [3.8, 4) is 11.3 Å². The SMILES string of the molecule is Nc1cc(-c2cncn2CCN2CCSCC2)ccn1. The quantitative estimate of drug-likeness (QED) is 0.926. The molecule has 2 N–H and O–H groups in total. The first-order valence-corrected chi connectivity index (χ1v) is 8.00. The second-order valence-electron chi connectivity index (χ2n) is 4.90. The largest absolute Gasteiger partial charge is 0.384 e. The molecule has 0 amide bonds. The van der Waals surface area contributed by atoms with Gasteiger partial charge in [0.1, 0.15) is 5.82 Å². The van der Waals surface area contributed by atoms with Crippen LogP contribution >= 0.6 is 11.8 Å². The number of hydrogen-bond donors (Lipinski definition) is 1. The lowest BCUT2D eigenvalue weighted by Gasteiger charge is -2.26. The Balaban J connectivity index is 1.70. The summed E-state index contributed by atoms with van der Waals surface area (Å²) in [6.45, 7) is 4.42. The van der Waals surface area contributed by atoms with Crippen molar-refractivity contribution in [3.63, 3.8) is 0 Å². The van der Waals surface area contributed by atoms with Crippen LogP contribution in [0.15, 0.2) is 30.9 Å². The van der Waals surface area contributed by atoms with Crippen molar-refractivity contribution in [1.29, 1.82) is 0 Å². The summed E-state index contributed by atoms with van der Waals surface area (Å²) in [6, 6.07) is 3.87. The zero-order valence-electron chi connectivity index (χ0n) is 11.4. The van der Waals surface area contributed by atoms with Crippen LogP contribution in [-0.2, 0) is 6.54 Å². The fourth-order valence-electron chi connectivity index (χ4n) is 2.42. The van der Waals surface area contributed by atoms with Crippen molar-refractivity contribution in [1.82, 2.24) is 19.4 Å². The molecule has 1 aliphatic rings. The number of thioether (sulfide) groups is 1. The Morgan fingerprint density at radius 1 is 1.25 bits per heavy atom. The van der Waals surface area contributed by atoms with E-state index >= 15 is 0 Å². The molecule has 20 heavy (non-hydrogen) atoms. The molecule has 0 saturated carbocycles. The summed E-state index contributed by atoms with van der Waals surface area (Å²) in [5.41, 5.74) is 7.93. The molecule has 0 radical (unpaired) electrons. The molecule has 2 aromatic heterocycles. The minimum atomic E-state index is 0.545. The topological polar surface area (TPSA) is 60.0 Å². The Morgan fingerprint density at radius 2 is 2.10 bits per heavy atom. The highest BCUT2D eigenvalue weighted by Gasteiger charge is 2.11. The first-order valence-electron chi connectivity index (χ1n) is 6.85. The van der Waals surface area contributed by atoms with E-state index < -0.39 is 0 Å². The standard InChI is InChI=1S/C14H19N5S/c15-14-9-12(1-2-17-14)13-10-16-11-19(13)4-3-18-5-7-20-8-6-18/h1-2,9-11H,3-8H2,(H2,15,17). The molecule has 0 spiro atoms. The monoisotopic (exact) mass is 289 g/mol. The normalized spacial score (nSPS) is 16.4. The zero-order valence-corrected chi connectivity index (χ0v) is 12.2. The lowest BCUT2D eigenvalue weighted by atomic mass is 10.2. The van der Waals surface area contributed by atoms with Crippen LogP contribution in [0.3, 0.4) is 0 Å². The molecule has 0 aliphatic carbocycles. The van der Waals surface area contributed by atoms with Crippen molar-refractivity contribution in [2.75, 3.05) is 36.9 Å². The maximum atomic E-state index is 5.75. The maximum absolute atomic E-state index is 5.75. The van der Waals surface area contributed by atoms with E-state index in [2.05, 4.69) is 19.4 Å². The van der Waals surface area contributed by atoms with Gasteiger partial charge in [0.05, 0.1) is 18.2 Å². The Labute approximate surface area is 123 Å². The Hall–Kier alpha value is -1.53. The Morgan fingerprint density at radius 3 is 2.90 bits per heavy atom. The molecule has 106 valence electrons. The second-order valence-corrected chi connectivity index (χ2v) is 6.12. The Bertz CT molecular complexity index is 562. The van der Waals surface area contributed by atoms with Crippen molar-refractivity contribution in [3.05, 3.63) is 30.9 Å². The molecule has 5 nitrogen and oxygen atoms in total. The number of rotatable bonds is 4. The first kappa shape index (κ1) is 13.5. The molecule has 3 heterocycles. The predicted octanol–water partition coefficient (Wildman–Crippen LogP) is 1.58. The molecule has 0 unspecified atom stereocenters. The van der Waals surface area contributed by atoms with Gasteiger partial charge in [0, 0.05) is 49.4 Å². The second kappa shape index (κ2) is 6.28. The van der Waals surface area contributed by atoms with Gasteiger partial charge in [-0.2, -0.15) is 11.8 Å². The number of hydrogen-bond acceptors (Lipinski definition) is 5. The van der Waals surface area contributed by atoms with Crippen molar-refractivity contribution in [2.24, 2.45) is 0 Å². The van der Waals surface area contributed by atoms with Gasteiger partial charge in [-0.05, 0) is 12.1 Å². The van der Waals surface area contributed by atoms with E-state index in [0.29, 0.717) is 5.82 Å². The van der Waals surface area contributed by atoms with E-state index in [1.807, 2.05) is 36.4 Å². The lowest BCUT2D eigenvalue weighted by molar-refractivity contribution is 0.290. The highest BCUT2D eigenvalue weighted by molar-refractivity contribution is 7.99. The average Bonchev–Trinajstić information content (AvgIpc) is 2.95. The number of pyridine rings is 1. The first-order chi connectivity index (χ1) is 9.83. The number of anilines is 1. The predicted molar refractivity (Wildman–Crippen MR) is 83.6 cm³/mol. The summed E-state index contributed by atoms with van der Waals surface area (Å²) in [4.78, 5) is 10.8. The third-order valence-corrected chi connectivity index (χ3v) is 4.49. The summed E-state index contributed by atoms with van der Waals surface area (Å²) < 4.78 is 2.19. The van der Waals surface area contributed by atoms with E-state index in [0.717, 1.165) is 24.3 Å². The van der Waals surface area contributed by atoms with Crippen LogP contribution in [0.1, 0.15) is 0 Å². The van der Waals surface area contributed by atoms with Crippen LogP contribution < -0.4 is 5.73 Å². The van der Waals surface area contributed by atoms with Gasteiger partial charge in [0.2, 0.25) is 0 Å². The smallest absolute Gasteiger partial charge is 0.123 e. The van der Waals surface area contributed by atoms with Crippen LogP contribution in [0.2, 0.25) is 0 Å². The van der Waals surface area contributed by atoms with Crippen molar-refractivity contribution in [2.45, 2.75) is 6.54 Å². The van der Waals surface area contributed by atoms with Crippen LogP contribution in [-0.4, -0.2) is 50.6 Å². The molecule has 0 aromatic carbocycles. The minimum absolute atomic E-state index is 0.545. The molecule has 6 heteroatoms. The molecule has 1 fully saturated rings. The highest BCUT2D eigenvalue weighted by Crippen LogP contribution is 2.20. The average molecular weight is 289 g/mol. The van der Waals surface area contributed by atoms with Crippen molar-refractivity contribution < 1.29 is 0 Å². The molecular formula is C14H19N5S. The molecule has 3 rings (SSSR count). The third-order valence-electron chi connectivity index (χ3n) is 3.55. The van der Waals surface area contributed by atoms with Crippen LogP contribution in [0.25, 0.3) is 11.3 Å². The van der Waals surface area contributed by atoms with Gasteiger partial charge in [-0.1, -0.05) is 0 Å². The number of nitrogens with two attached hydrogens (primary N) is 1. The fraction of sp³-hybridized carbons (Fsp3) is 0.429. The number of nitrogen functional groups attached to an aromatic ring is 1. The minimum Gasteiger partial charge on any atom is -0.384 e. The van der Waals surface area contributed by atoms with Crippen LogP contribution in [0.4, 0.5) is 5.82 Å². The van der Waals surface area contributed by atoms with E-state index in [1.54, 1.807) is 6.20 Å². The fourth-order valence-corrected chi connectivity index (χ4v) is 3.40. The molecule has 0 bridgehead atoms. The molecule has 2 aromatic rings. The maximum Gasteiger partial charge on any atom is 0.123 e. The summed E-state index contributed by atoms with van der Waals surface area (Å²) in [5, 5.41) is 0. The van der Waals surface area contributed by atoms with Crippen molar-refractivity contribution >= 4 is 17.6 Å². The summed E-state index contributed by atoms with van der Waals surface area (Å²) in [6.07, 6.45) is 5.52. The van der Waals surface area contributed by atoms with E-state index in [1.165, 1.54) is 24.6 Å². The molecule has 0 atom stereocenters. The molecule has 1 aliphatic heterocycles. The Kier molecular flexibility index (Phi) is 4.22. The van der Waals surface area contributed by atoms with Gasteiger partial charge in [-0.25, -0.2) is 9.97 Å². The van der Waals surface area contributed by atoms with Gasteiger partial charge in [-0.3, -0.25) is 4.90 Å². The number of imidazole rings is 1. The van der Waals surface area contributed by atoms with Gasteiger partial charge >= 0.3 is 0 Å². The summed E-state index contributed by atoms with van der Waals surface area (Å²) in [5.74, 6) is 3.04. The van der Waals surface area contributed by atoms with E-state index in [9.17, 15) is 0 Å². The number of aromatic nitrogens is 3. The summed E-state index contributed by atoms with van der Waals surface area (Å²) in [7, 11) is 0. The van der Waals surface area contributed by atoms with Gasteiger partial charge < -0.3 is 10.3 Å². The number of nitrogens with zero attached hydrogens (tertiary/aromatic N) is 4. The molecule has 1 saturated heterocycles. The van der Waals surface area contributed by atoms with Crippen LogP contribution in [0.5, 0.6) is 0 Å². The van der Waals surface area contributed by atoms with Gasteiger partial charge in [0.25, 0.3) is 0 Å². The third kappa shape index (κ3) is 3.13. The zero-order chi connectivity index (χ0) is 13.8. The van der Waals surface area contributed by atoms with Gasteiger partial charge in [0.15, 0.2) is 0 Å². The lowest BCUT2D eigenvalue weighted by Crippen LogP contribution is -2.35.